The maximum atomic E-state index is 12.4. The minimum atomic E-state index is -4.07. The standard InChI is InChI=1S/C11H19F3N2O/c1-7(6-10(15)17)16-9-4-2-8(3-5-9)11(12,13)14/h7-9,16H,2-6H2,1H3,(H2,15,17). The summed E-state index contributed by atoms with van der Waals surface area (Å²) in [5.41, 5.74) is 5.05. The van der Waals surface area contributed by atoms with E-state index >= 15 is 0 Å². The first-order valence-corrected chi connectivity index (χ1v) is 5.90. The van der Waals surface area contributed by atoms with E-state index in [1.165, 1.54) is 0 Å². The molecule has 0 aliphatic heterocycles. The number of amides is 1. The van der Waals surface area contributed by atoms with Crippen LogP contribution in [0.25, 0.3) is 0 Å². The number of nitrogens with one attached hydrogen (secondary N) is 1. The Kier molecular flexibility index (Phi) is 4.80. The van der Waals surface area contributed by atoms with Gasteiger partial charge in [0.25, 0.3) is 0 Å². The van der Waals surface area contributed by atoms with Crippen molar-refractivity contribution in [2.24, 2.45) is 11.7 Å². The van der Waals surface area contributed by atoms with Crippen molar-refractivity contribution in [3.8, 4) is 0 Å². The van der Waals surface area contributed by atoms with Crippen LogP contribution in [0, 0.1) is 5.92 Å². The van der Waals surface area contributed by atoms with E-state index in [-0.39, 0.29) is 31.3 Å². The molecule has 1 atom stereocenters. The molecule has 1 amide bonds. The summed E-state index contributed by atoms with van der Waals surface area (Å²) in [5, 5.41) is 3.15. The summed E-state index contributed by atoms with van der Waals surface area (Å²) >= 11 is 0. The van der Waals surface area contributed by atoms with Gasteiger partial charge >= 0.3 is 6.18 Å². The Morgan fingerprint density at radius 3 is 2.29 bits per heavy atom. The zero-order valence-electron chi connectivity index (χ0n) is 9.89. The summed E-state index contributed by atoms with van der Waals surface area (Å²) in [6.07, 6.45) is -2.49. The quantitative estimate of drug-likeness (QED) is 0.803. The number of carbonyl (C=O) groups excluding carboxylic acids is 1. The van der Waals surface area contributed by atoms with Crippen LogP contribution in [0.4, 0.5) is 13.2 Å². The number of carbonyl (C=O) groups is 1. The Labute approximate surface area is 98.9 Å². The number of hydrogen-bond acceptors (Lipinski definition) is 2. The van der Waals surface area contributed by atoms with Crippen molar-refractivity contribution in [3.63, 3.8) is 0 Å². The number of hydrogen-bond donors (Lipinski definition) is 2. The molecule has 1 saturated carbocycles. The van der Waals surface area contributed by atoms with Crippen LogP contribution in [0.5, 0.6) is 0 Å². The summed E-state index contributed by atoms with van der Waals surface area (Å²) in [4.78, 5) is 10.7. The Balaban J connectivity index is 2.30. The predicted molar refractivity (Wildman–Crippen MR) is 58.2 cm³/mol. The molecule has 0 radical (unpaired) electrons. The molecule has 1 aliphatic rings. The van der Waals surface area contributed by atoms with Gasteiger partial charge in [0.2, 0.25) is 5.91 Å². The van der Waals surface area contributed by atoms with Crippen molar-refractivity contribution in [3.05, 3.63) is 0 Å². The van der Waals surface area contributed by atoms with Crippen molar-refractivity contribution < 1.29 is 18.0 Å². The average molecular weight is 252 g/mol. The SMILES string of the molecule is CC(CC(N)=O)NC1CCC(C(F)(F)F)CC1. The van der Waals surface area contributed by atoms with Gasteiger partial charge < -0.3 is 11.1 Å². The van der Waals surface area contributed by atoms with E-state index in [2.05, 4.69) is 5.32 Å². The molecule has 1 rings (SSSR count). The van der Waals surface area contributed by atoms with E-state index in [1.807, 2.05) is 6.92 Å². The minimum Gasteiger partial charge on any atom is -0.370 e. The van der Waals surface area contributed by atoms with Crippen LogP contribution < -0.4 is 11.1 Å². The van der Waals surface area contributed by atoms with Crippen LogP contribution in [-0.4, -0.2) is 24.2 Å². The van der Waals surface area contributed by atoms with E-state index < -0.39 is 18.0 Å². The molecule has 3 nitrogen and oxygen atoms in total. The first-order valence-electron chi connectivity index (χ1n) is 5.90. The lowest BCUT2D eigenvalue weighted by Crippen LogP contribution is -2.42. The highest BCUT2D eigenvalue weighted by molar-refractivity contribution is 5.74. The summed E-state index contributed by atoms with van der Waals surface area (Å²) in [6.45, 7) is 1.82. The summed E-state index contributed by atoms with van der Waals surface area (Å²) in [6, 6.07) is 0.00267. The largest absolute Gasteiger partial charge is 0.391 e. The van der Waals surface area contributed by atoms with E-state index in [0.717, 1.165) is 0 Å². The van der Waals surface area contributed by atoms with Crippen molar-refractivity contribution >= 4 is 5.91 Å². The predicted octanol–water partition coefficient (Wildman–Crippen LogP) is 1.96. The van der Waals surface area contributed by atoms with Crippen LogP contribution >= 0.6 is 0 Å². The van der Waals surface area contributed by atoms with Crippen LogP contribution in [0.2, 0.25) is 0 Å². The van der Waals surface area contributed by atoms with Gasteiger partial charge in [-0.15, -0.1) is 0 Å². The van der Waals surface area contributed by atoms with E-state index in [4.69, 9.17) is 5.73 Å². The average Bonchev–Trinajstić information content (AvgIpc) is 2.15. The zero-order chi connectivity index (χ0) is 13.1. The number of nitrogens with two attached hydrogens (primary N) is 1. The minimum absolute atomic E-state index is 0.0695. The third-order valence-electron chi connectivity index (χ3n) is 3.22. The van der Waals surface area contributed by atoms with Gasteiger partial charge in [0, 0.05) is 18.5 Å². The molecular formula is C11H19F3N2O. The van der Waals surface area contributed by atoms with Crippen molar-refractivity contribution in [2.75, 3.05) is 0 Å². The molecule has 0 bridgehead atoms. The third-order valence-corrected chi connectivity index (χ3v) is 3.22. The molecular weight excluding hydrogens is 233 g/mol. The second-order valence-electron chi connectivity index (χ2n) is 4.83. The number of rotatable bonds is 4. The molecule has 6 heteroatoms. The maximum Gasteiger partial charge on any atom is 0.391 e. The normalized spacial score (nSPS) is 27.8. The molecule has 0 spiro atoms. The van der Waals surface area contributed by atoms with Gasteiger partial charge in [-0.25, -0.2) is 0 Å². The molecule has 17 heavy (non-hydrogen) atoms. The fraction of sp³-hybridized carbons (Fsp3) is 0.909. The van der Waals surface area contributed by atoms with Crippen molar-refractivity contribution in [1.29, 1.82) is 0 Å². The highest BCUT2D eigenvalue weighted by Crippen LogP contribution is 2.37. The summed E-state index contributed by atoms with van der Waals surface area (Å²) in [7, 11) is 0. The molecule has 0 heterocycles. The Morgan fingerprint density at radius 1 is 1.35 bits per heavy atom. The monoisotopic (exact) mass is 252 g/mol. The summed E-state index contributed by atoms with van der Waals surface area (Å²) < 4.78 is 37.3. The van der Waals surface area contributed by atoms with E-state index in [0.29, 0.717) is 12.8 Å². The van der Waals surface area contributed by atoms with E-state index in [9.17, 15) is 18.0 Å². The molecule has 100 valence electrons. The fourth-order valence-corrected chi connectivity index (χ4v) is 2.35. The van der Waals surface area contributed by atoms with Gasteiger partial charge in [0.15, 0.2) is 0 Å². The lowest BCUT2D eigenvalue weighted by Gasteiger charge is -2.31. The van der Waals surface area contributed by atoms with Gasteiger partial charge in [-0.1, -0.05) is 0 Å². The highest BCUT2D eigenvalue weighted by Gasteiger charge is 2.41. The lowest BCUT2D eigenvalue weighted by atomic mass is 9.85. The lowest BCUT2D eigenvalue weighted by molar-refractivity contribution is -0.182. The van der Waals surface area contributed by atoms with Gasteiger partial charge in [-0.3, -0.25) is 4.79 Å². The molecule has 0 aromatic carbocycles. The molecule has 1 fully saturated rings. The van der Waals surface area contributed by atoms with Crippen LogP contribution in [0.1, 0.15) is 39.0 Å². The first kappa shape index (κ1) is 14.3. The Hall–Kier alpha value is -0.780. The highest BCUT2D eigenvalue weighted by atomic mass is 19.4. The van der Waals surface area contributed by atoms with E-state index in [1.54, 1.807) is 0 Å². The Morgan fingerprint density at radius 2 is 1.88 bits per heavy atom. The summed E-state index contributed by atoms with van der Waals surface area (Å²) in [5.74, 6) is -1.55. The molecule has 0 aromatic heterocycles. The van der Waals surface area contributed by atoms with Crippen LogP contribution in [0.15, 0.2) is 0 Å². The molecule has 1 aliphatic carbocycles. The molecule has 1 unspecified atom stereocenters. The van der Waals surface area contributed by atoms with Crippen LogP contribution in [0.3, 0.4) is 0 Å². The number of alkyl halides is 3. The second kappa shape index (κ2) is 5.71. The van der Waals surface area contributed by atoms with Gasteiger partial charge in [0.1, 0.15) is 0 Å². The molecule has 0 saturated heterocycles. The topological polar surface area (TPSA) is 55.1 Å². The molecule has 3 N–H and O–H groups in total. The van der Waals surface area contributed by atoms with Gasteiger partial charge in [-0.2, -0.15) is 13.2 Å². The smallest absolute Gasteiger partial charge is 0.370 e. The van der Waals surface area contributed by atoms with Crippen molar-refractivity contribution in [1.82, 2.24) is 5.32 Å². The van der Waals surface area contributed by atoms with Crippen molar-refractivity contribution in [2.45, 2.75) is 57.3 Å². The first-order chi connectivity index (χ1) is 7.79. The zero-order valence-corrected chi connectivity index (χ0v) is 9.89. The number of primary amides is 1. The second-order valence-corrected chi connectivity index (χ2v) is 4.83. The van der Waals surface area contributed by atoms with Crippen LogP contribution in [-0.2, 0) is 4.79 Å². The van der Waals surface area contributed by atoms with Gasteiger partial charge in [0.05, 0.1) is 5.92 Å². The maximum absolute atomic E-state index is 12.4. The fourth-order valence-electron chi connectivity index (χ4n) is 2.35. The molecule has 0 aromatic rings. The Bertz CT molecular complexity index is 260. The van der Waals surface area contributed by atoms with Gasteiger partial charge in [-0.05, 0) is 32.6 Å². The third kappa shape index (κ3) is 4.93. The number of halogens is 3.